The smallest absolute Gasteiger partial charge is 0.214 e. The predicted molar refractivity (Wildman–Crippen MR) is 73.7 cm³/mol. The zero-order valence-electron chi connectivity index (χ0n) is 11.3. The van der Waals surface area contributed by atoms with Crippen molar-refractivity contribution in [3.63, 3.8) is 0 Å². The summed E-state index contributed by atoms with van der Waals surface area (Å²) in [6.07, 6.45) is 0. The highest BCUT2D eigenvalue weighted by Crippen LogP contribution is 2.27. The molecule has 0 saturated carbocycles. The molecule has 0 saturated heterocycles. The number of sulfonamides is 1. The molecule has 1 rings (SSSR count). The third-order valence-electron chi connectivity index (χ3n) is 2.85. The number of phenolic OH excluding ortho intramolecular Hbond substituents is 2. The van der Waals surface area contributed by atoms with E-state index in [0.29, 0.717) is 5.56 Å². The van der Waals surface area contributed by atoms with Gasteiger partial charge in [-0.1, -0.05) is 6.07 Å². The van der Waals surface area contributed by atoms with Crippen LogP contribution < -0.4 is 5.32 Å². The maximum Gasteiger partial charge on any atom is 0.214 e. The molecular formula is C12H20N2O4S. The average Bonchev–Trinajstić information content (AvgIpc) is 2.28. The summed E-state index contributed by atoms with van der Waals surface area (Å²) in [5.41, 5.74) is 0.611. The van der Waals surface area contributed by atoms with Crippen LogP contribution in [0.2, 0.25) is 0 Å². The van der Waals surface area contributed by atoms with E-state index >= 15 is 0 Å². The van der Waals surface area contributed by atoms with Crippen LogP contribution >= 0.6 is 0 Å². The largest absolute Gasteiger partial charge is 0.508 e. The predicted octanol–water partition coefficient (Wildman–Crippen LogP) is 0.640. The Morgan fingerprint density at radius 2 is 1.95 bits per heavy atom. The Morgan fingerprint density at radius 1 is 1.32 bits per heavy atom. The van der Waals surface area contributed by atoms with E-state index in [2.05, 4.69) is 5.32 Å². The molecule has 0 spiro atoms. The molecule has 1 aromatic carbocycles. The van der Waals surface area contributed by atoms with Crippen molar-refractivity contribution >= 4 is 10.0 Å². The number of benzene rings is 1. The molecule has 7 heteroatoms. The van der Waals surface area contributed by atoms with Gasteiger partial charge in [0, 0.05) is 38.3 Å². The number of nitrogens with one attached hydrogen (secondary N) is 1. The van der Waals surface area contributed by atoms with Crippen LogP contribution in [0.3, 0.4) is 0 Å². The molecule has 0 aromatic heterocycles. The van der Waals surface area contributed by atoms with Gasteiger partial charge in [0.05, 0.1) is 5.75 Å². The molecule has 0 fully saturated rings. The van der Waals surface area contributed by atoms with E-state index in [1.807, 2.05) is 6.92 Å². The molecule has 1 unspecified atom stereocenters. The Bertz CT molecular complexity index is 529. The van der Waals surface area contributed by atoms with Crippen LogP contribution in [0.4, 0.5) is 0 Å². The van der Waals surface area contributed by atoms with Gasteiger partial charge in [0.1, 0.15) is 11.5 Å². The number of rotatable bonds is 6. The van der Waals surface area contributed by atoms with Crippen molar-refractivity contribution in [2.24, 2.45) is 0 Å². The van der Waals surface area contributed by atoms with Crippen LogP contribution in [0.15, 0.2) is 18.2 Å². The van der Waals surface area contributed by atoms with Crippen LogP contribution in [0.5, 0.6) is 11.5 Å². The Labute approximate surface area is 113 Å². The second kappa shape index (κ2) is 6.23. The molecule has 0 heterocycles. The summed E-state index contributed by atoms with van der Waals surface area (Å²) < 4.78 is 24.3. The Balaban J connectivity index is 2.59. The standard InChI is InChI=1S/C12H20N2O4S/c1-9(11-5-4-10(15)8-12(11)16)13-6-7-19(17,18)14(2)3/h4-5,8-9,13,15-16H,6-7H2,1-3H3. The lowest BCUT2D eigenvalue weighted by atomic mass is 10.1. The number of hydrogen-bond acceptors (Lipinski definition) is 5. The van der Waals surface area contributed by atoms with Crippen molar-refractivity contribution in [2.45, 2.75) is 13.0 Å². The fourth-order valence-corrected chi connectivity index (χ4v) is 2.34. The van der Waals surface area contributed by atoms with Gasteiger partial charge in [-0.05, 0) is 13.0 Å². The highest BCUT2D eigenvalue weighted by molar-refractivity contribution is 7.89. The maximum absolute atomic E-state index is 11.6. The Hall–Kier alpha value is -1.31. The summed E-state index contributed by atoms with van der Waals surface area (Å²) in [5.74, 6) is -0.0393. The monoisotopic (exact) mass is 288 g/mol. The minimum absolute atomic E-state index is 0.0105. The second-order valence-electron chi connectivity index (χ2n) is 4.52. The zero-order chi connectivity index (χ0) is 14.6. The van der Waals surface area contributed by atoms with E-state index < -0.39 is 10.0 Å². The third kappa shape index (κ3) is 4.38. The zero-order valence-corrected chi connectivity index (χ0v) is 12.1. The molecule has 6 nitrogen and oxygen atoms in total. The molecule has 0 aliphatic heterocycles. The molecule has 0 amide bonds. The SMILES string of the molecule is CC(NCCS(=O)(=O)N(C)C)c1ccc(O)cc1O. The van der Waals surface area contributed by atoms with Gasteiger partial charge in [0.25, 0.3) is 0 Å². The van der Waals surface area contributed by atoms with E-state index in [-0.39, 0.29) is 29.8 Å². The summed E-state index contributed by atoms with van der Waals surface area (Å²) in [5, 5.41) is 21.9. The Kier molecular flexibility index (Phi) is 5.16. The van der Waals surface area contributed by atoms with E-state index in [9.17, 15) is 18.6 Å². The minimum Gasteiger partial charge on any atom is -0.508 e. The van der Waals surface area contributed by atoms with Crippen molar-refractivity contribution in [3.8, 4) is 11.5 Å². The van der Waals surface area contributed by atoms with Crippen molar-refractivity contribution in [2.75, 3.05) is 26.4 Å². The summed E-state index contributed by atoms with van der Waals surface area (Å²) in [6, 6.07) is 4.12. The molecule has 3 N–H and O–H groups in total. The van der Waals surface area contributed by atoms with Gasteiger partial charge in [-0.2, -0.15) is 0 Å². The molecule has 19 heavy (non-hydrogen) atoms. The first-order valence-electron chi connectivity index (χ1n) is 5.89. The highest BCUT2D eigenvalue weighted by atomic mass is 32.2. The molecule has 108 valence electrons. The highest BCUT2D eigenvalue weighted by Gasteiger charge is 2.15. The quantitative estimate of drug-likeness (QED) is 0.715. The van der Waals surface area contributed by atoms with Crippen LogP contribution in [0.1, 0.15) is 18.5 Å². The van der Waals surface area contributed by atoms with Crippen LogP contribution in [0, 0.1) is 0 Å². The first-order valence-corrected chi connectivity index (χ1v) is 7.50. The van der Waals surface area contributed by atoms with Crippen molar-refractivity contribution < 1.29 is 18.6 Å². The lowest BCUT2D eigenvalue weighted by Crippen LogP contribution is -2.32. The third-order valence-corrected chi connectivity index (χ3v) is 4.68. The summed E-state index contributed by atoms with van der Waals surface area (Å²) in [6.45, 7) is 2.09. The molecule has 0 radical (unpaired) electrons. The van der Waals surface area contributed by atoms with Crippen LogP contribution in [0.25, 0.3) is 0 Å². The topological polar surface area (TPSA) is 89.9 Å². The minimum atomic E-state index is -3.22. The number of hydrogen-bond donors (Lipinski definition) is 3. The van der Waals surface area contributed by atoms with Crippen molar-refractivity contribution in [3.05, 3.63) is 23.8 Å². The first-order chi connectivity index (χ1) is 8.74. The van der Waals surface area contributed by atoms with Crippen molar-refractivity contribution in [1.29, 1.82) is 0 Å². The average molecular weight is 288 g/mol. The fraction of sp³-hybridized carbons (Fsp3) is 0.500. The van der Waals surface area contributed by atoms with Gasteiger partial charge in [-0.15, -0.1) is 0 Å². The summed E-state index contributed by atoms with van der Waals surface area (Å²) >= 11 is 0. The molecule has 0 aliphatic rings. The van der Waals surface area contributed by atoms with Crippen molar-refractivity contribution in [1.82, 2.24) is 9.62 Å². The molecule has 1 atom stereocenters. The van der Waals surface area contributed by atoms with Gasteiger partial charge in [0.2, 0.25) is 10.0 Å². The lowest BCUT2D eigenvalue weighted by Gasteiger charge is -2.17. The number of phenols is 2. The van der Waals surface area contributed by atoms with Gasteiger partial charge in [-0.3, -0.25) is 0 Å². The van der Waals surface area contributed by atoms with Gasteiger partial charge >= 0.3 is 0 Å². The van der Waals surface area contributed by atoms with Gasteiger partial charge in [-0.25, -0.2) is 12.7 Å². The normalized spacial score (nSPS) is 13.7. The van der Waals surface area contributed by atoms with E-state index in [1.54, 1.807) is 6.07 Å². The van der Waals surface area contributed by atoms with Gasteiger partial charge in [0.15, 0.2) is 0 Å². The van der Waals surface area contributed by atoms with Crippen LogP contribution in [-0.4, -0.2) is 49.3 Å². The molecule has 0 aliphatic carbocycles. The first kappa shape index (κ1) is 15.7. The molecule has 1 aromatic rings. The molecular weight excluding hydrogens is 268 g/mol. The lowest BCUT2D eigenvalue weighted by molar-refractivity contribution is 0.437. The Morgan fingerprint density at radius 3 is 2.47 bits per heavy atom. The summed E-state index contributed by atoms with van der Waals surface area (Å²) in [7, 11) is -0.243. The second-order valence-corrected chi connectivity index (χ2v) is 6.82. The van der Waals surface area contributed by atoms with E-state index in [0.717, 1.165) is 0 Å². The molecule has 0 bridgehead atoms. The van der Waals surface area contributed by atoms with E-state index in [4.69, 9.17) is 0 Å². The maximum atomic E-state index is 11.6. The van der Waals surface area contributed by atoms with Crippen LogP contribution in [-0.2, 0) is 10.0 Å². The van der Waals surface area contributed by atoms with E-state index in [1.165, 1.54) is 30.5 Å². The van der Waals surface area contributed by atoms with Gasteiger partial charge < -0.3 is 15.5 Å². The fourth-order valence-electron chi connectivity index (χ4n) is 1.60. The number of aromatic hydroxyl groups is 2. The summed E-state index contributed by atoms with van der Waals surface area (Å²) in [4.78, 5) is 0. The number of nitrogens with zero attached hydrogens (tertiary/aromatic N) is 1.